The summed E-state index contributed by atoms with van der Waals surface area (Å²) in [6.45, 7) is 3.65. The Morgan fingerprint density at radius 2 is 1.95 bits per heavy atom. The summed E-state index contributed by atoms with van der Waals surface area (Å²) in [4.78, 5) is 1.11. The molecule has 114 valence electrons. The molecular formula is C14H15BrClNO2S2. The van der Waals surface area contributed by atoms with Gasteiger partial charge in [0.15, 0.2) is 0 Å². The van der Waals surface area contributed by atoms with Crippen molar-refractivity contribution in [2.24, 2.45) is 0 Å². The SMILES string of the molecule is Cc1sc(Br)cc1S(=O)(=O)NC(C)Cc1ccc(Cl)cc1. The molecule has 0 amide bonds. The normalized spacial score (nSPS) is 13.3. The Balaban J connectivity index is 2.09. The second kappa shape index (κ2) is 6.79. The van der Waals surface area contributed by atoms with Crippen LogP contribution in [0.3, 0.4) is 0 Å². The van der Waals surface area contributed by atoms with E-state index in [0.717, 1.165) is 14.2 Å². The molecule has 0 aliphatic heterocycles. The minimum absolute atomic E-state index is 0.200. The largest absolute Gasteiger partial charge is 0.241 e. The van der Waals surface area contributed by atoms with E-state index in [1.54, 1.807) is 25.1 Å². The molecule has 1 unspecified atom stereocenters. The zero-order chi connectivity index (χ0) is 15.6. The zero-order valence-corrected chi connectivity index (χ0v) is 15.5. The van der Waals surface area contributed by atoms with Crippen molar-refractivity contribution in [2.45, 2.75) is 31.2 Å². The number of hydrogen-bond donors (Lipinski definition) is 1. The van der Waals surface area contributed by atoms with Gasteiger partial charge in [0.05, 0.1) is 8.68 Å². The van der Waals surface area contributed by atoms with Crippen LogP contribution in [0.15, 0.2) is 39.0 Å². The molecule has 1 atom stereocenters. The van der Waals surface area contributed by atoms with E-state index in [4.69, 9.17) is 11.6 Å². The van der Waals surface area contributed by atoms with Crippen LogP contribution in [0, 0.1) is 6.92 Å². The van der Waals surface area contributed by atoms with Crippen LogP contribution in [0.1, 0.15) is 17.4 Å². The molecule has 0 aliphatic carbocycles. The van der Waals surface area contributed by atoms with Gasteiger partial charge in [0, 0.05) is 15.9 Å². The molecule has 3 nitrogen and oxygen atoms in total. The fourth-order valence-electron chi connectivity index (χ4n) is 2.04. The van der Waals surface area contributed by atoms with Gasteiger partial charge in [-0.25, -0.2) is 13.1 Å². The van der Waals surface area contributed by atoms with Crippen molar-refractivity contribution in [2.75, 3.05) is 0 Å². The second-order valence-electron chi connectivity index (χ2n) is 4.82. The number of sulfonamides is 1. The van der Waals surface area contributed by atoms with E-state index < -0.39 is 10.0 Å². The zero-order valence-electron chi connectivity index (χ0n) is 11.6. The molecule has 21 heavy (non-hydrogen) atoms. The summed E-state index contributed by atoms with van der Waals surface area (Å²) in [5.74, 6) is 0. The first-order chi connectivity index (χ1) is 9.78. The number of thiophene rings is 1. The van der Waals surface area contributed by atoms with Crippen molar-refractivity contribution < 1.29 is 8.42 Å². The Morgan fingerprint density at radius 3 is 2.48 bits per heavy atom. The Hall–Kier alpha value is -0.400. The number of halogens is 2. The quantitative estimate of drug-likeness (QED) is 0.798. The van der Waals surface area contributed by atoms with Gasteiger partial charge in [0.25, 0.3) is 0 Å². The van der Waals surface area contributed by atoms with Gasteiger partial charge in [0.1, 0.15) is 0 Å². The number of rotatable bonds is 5. The van der Waals surface area contributed by atoms with Crippen LogP contribution in [-0.2, 0) is 16.4 Å². The molecule has 1 aromatic heterocycles. The van der Waals surface area contributed by atoms with Crippen LogP contribution in [0.4, 0.5) is 0 Å². The van der Waals surface area contributed by atoms with E-state index in [0.29, 0.717) is 16.3 Å². The number of hydrogen-bond acceptors (Lipinski definition) is 3. The van der Waals surface area contributed by atoms with Gasteiger partial charge in [-0.3, -0.25) is 0 Å². The van der Waals surface area contributed by atoms with Crippen LogP contribution < -0.4 is 4.72 Å². The highest BCUT2D eigenvalue weighted by atomic mass is 79.9. The lowest BCUT2D eigenvalue weighted by atomic mass is 10.1. The Labute approximate surface area is 142 Å². The van der Waals surface area contributed by atoms with Gasteiger partial charge in [-0.05, 0) is 60.0 Å². The molecule has 0 saturated heterocycles. The minimum Gasteiger partial charge on any atom is -0.208 e. The van der Waals surface area contributed by atoms with Gasteiger partial charge < -0.3 is 0 Å². The monoisotopic (exact) mass is 407 g/mol. The number of nitrogens with one attached hydrogen (secondary N) is 1. The van der Waals surface area contributed by atoms with E-state index in [1.807, 2.05) is 19.1 Å². The lowest BCUT2D eigenvalue weighted by Crippen LogP contribution is -2.34. The topological polar surface area (TPSA) is 46.2 Å². The standard InChI is InChI=1S/C14H15BrClNO2S2/c1-9(7-11-3-5-12(16)6-4-11)17-21(18,19)13-8-14(15)20-10(13)2/h3-6,8-9,17H,7H2,1-2H3. The Morgan fingerprint density at radius 1 is 1.33 bits per heavy atom. The molecular weight excluding hydrogens is 394 g/mol. The fourth-order valence-corrected chi connectivity index (χ4v) is 5.83. The van der Waals surface area contributed by atoms with Gasteiger partial charge in [-0.1, -0.05) is 23.7 Å². The van der Waals surface area contributed by atoms with Crippen LogP contribution in [0.25, 0.3) is 0 Å². The first-order valence-electron chi connectivity index (χ1n) is 6.30. The summed E-state index contributed by atoms with van der Waals surface area (Å²) in [6, 6.07) is 8.85. The molecule has 0 aliphatic rings. The molecule has 7 heteroatoms. The maximum atomic E-state index is 12.4. The molecule has 0 spiro atoms. The van der Waals surface area contributed by atoms with E-state index >= 15 is 0 Å². The molecule has 0 fully saturated rings. The van der Waals surface area contributed by atoms with Gasteiger partial charge >= 0.3 is 0 Å². The van der Waals surface area contributed by atoms with Crippen molar-refractivity contribution in [3.63, 3.8) is 0 Å². The molecule has 1 N–H and O–H groups in total. The van der Waals surface area contributed by atoms with E-state index in [9.17, 15) is 8.42 Å². The summed E-state index contributed by atoms with van der Waals surface area (Å²) >= 11 is 10.6. The number of benzene rings is 1. The van der Waals surface area contributed by atoms with E-state index in [-0.39, 0.29) is 6.04 Å². The van der Waals surface area contributed by atoms with Crippen LogP contribution in [0.5, 0.6) is 0 Å². The van der Waals surface area contributed by atoms with Crippen molar-refractivity contribution >= 4 is 48.9 Å². The van der Waals surface area contributed by atoms with Crippen molar-refractivity contribution in [3.05, 3.63) is 49.6 Å². The molecule has 0 saturated carbocycles. The van der Waals surface area contributed by atoms with Gasteiger partial charge in [-0.15, -0.1) is 11.3 Å². The van der Waals surface area contributed by atoms with E-state index in [2.05, 4.69) is 20.7 Å². The maximum absolute atomic E-state index is 12.4. The fraction of sp³-hybridized carbons (Fsp3) is 0.286. The molecule has 1 aromatic carbocycles. The second-order valence-corrected chi connectivity index (χ2v) is 9.58. The van der Waals surface area contributed by atoms with Gasteiger partial charge in [0.2, 0.25) is 10.0 Å². The summed E-state index contributed by atoms with van der Waals surface area (Å²) in [7, 11) is -3.49. The van der Waals surface area contributed by atoms with Crippen LogP contribution >= 0.6 is 38.9 Å². The molecule has 2 aromatic rings. The van der Waals surface area contributed by atoms with Gasteiger partial charge in [-0.2, -0.15) is 0 Å². The lowest BCUT2D eigenvalue weighted by Gasteiger charge is -2.14. The lowest BCUT2D eigenvalue weighted by molar-refractivity contribution is 0.559. The summed E-state index contributed by atoms with van der Waals surface area (Å²) in [5.41, 5.74) is 1.04. The molecule has 0 bridgehead atoms. The first kappa shape index (κ1) is 17.0. The van der Waals surface area contributed by atoms with Crippen molar-refractivity contribution in [1.82, 2.24) is 4.72 Å². The summed E-state index contributed by atoms with van der Waals surface area (Å²) < 4.78 is 28.3. The van der Waals surface area contributed by atoms with Crippen molar-refractivity contribution in [3.8, 4) is 0 Å². The average molecular weight is 409 g/mol. The molecule has 1 heterocycles. The highest BCUT2D eigenvalue weighted by Gasteiger charge is 2.21. The average Bonchev–Trinajstić information content (AvgIpc) is 2.71. The molecule has 2 rings (SSSR count). The van der Waals surface area contributed by atoms with E-state index in [1.165, 1.54) is 11.3 Å². The van der Waals surface area contributed by atoms with Crippen LogP contribution in [0.2, 0.25) is 5.02 Å². The summed E-state index contributed by atoms with van der Waals surface area (Å²) in [6.07, 6.45) is 0.612. The third-order valence-electron chi connectivity index (χ3n) is 2.94. The highest BCUT2D eigenvalue weighted by molar-refractivity contribution is 9.11. The third kappa shape index (κ3) is 4.53. The smallest absolute Gasteiger partial charge is 0.208 e. The summed E-state index contributed by atoms with van der Waals surface area (Å²) in [5, 5.41) is 0.672. The highest BCUT2D eigenvalue weighted by Crippen LogP contribution is 2.29. The molecule has 0 radical (unpaired) electrons. The van der Waals surface area contributed by atoms with Crippen LogP contribution in [-0.4, -0.2) is 14.5 Å². The predicted molar refractivity (Wildman–Crippen MR) is 91.7 cm³/mol. The predicted octanol–water partition coefficient (Wildman–Crippen LogP) is 4.38. The Kier molecular flexibility index (Phi) is 5.48. The minimum atomic E-state index is -3.49. The van der Waals surface area contributed by atoms with Crippen molar-refractivity contribution in [1.29, 1.82) is 0 Å². The first-order valence-corrected chi connectivity index (χ1v) is 9.77. The Bertz CT molecular complexity index is 726. The maximum Gasteiger partial charge on any atom is 0.241 e. The number of aryl methyl sites for hydroxylation is 1. The third-order valence-corrected chi connectivity index (χ3v) is 6.59.